The van der Waals surface area contributed by atoms with Crippen molar-refractivity contribution in [2.75, 3.05) is 0 Å². The maximum absolute atomic E-state index is 12.6. The Labute approximate surface area is 159 Å². The molecule has 0 spiro atoms. The van der Waals surface area contributed by atoms with E-state index >= 15 is 0 Å². The number of carbonyl (C=O) groups excluding carboxylic acids is 1. The number of fused-ring (bicyclic) bond motifs is 2. The summed E-state index contributed by atoms with van der Waals surface area (Å²) in [5.74, 6) is -1.49. The number of hydrogen-bond acceptors (Lipinski definition) is 4. The molecule has 4 aromatic rings. The van der Waals surface area contributed by atoms with Crippen LogP contribution in [0.4, 0.5) is 0 Å². The van der Waals surface area contributed by atoms with Gasteiger partial charge in [0.1, 0.15) is 6.04 Å². The van der Waals surface area contributed by atoms with Gasteiger partial charge >= 0.3 is 5.97 Å². The average molecular weight is 376 g/mol. The van der Waals surface area contributed by atoms with E-state index in [9.17, 15) is 14.7 Å². The predicted molar refractivity (Wildman–Crippen MR) is 106 cm³/mol. The fourth-order valence-corrected chi connectivity index (χ4v) is 3.97. The van der Waals surface area contributed by atoms with Crippen LogP contribution in [0, 0.1) is 0 Å². The van der Waals surface area contributed by atoms with Crippen molar-refractivity contribution in [3.63, 3.8) is 0 Å². The number of thiazole rings is 1. The molecule has 0 bridgehead atoms. The van der Waals surface area contributed by atoms with Crippen LogP contribution in [0.25, 0.3) is 21.0 Å². The molecule has 1 heterocycles. The van der Waals surface area contributed by atoms with Crippen molar-refractivity contribution < 1.29 is 14.7 Å². The molecular formula is C21H16N2O3S. The van der Waals surface area contributed by atoms with Crippen LogP contribution in [0.3, 0.4) is 0 Å². The van der Waals surface area contributed by atoms with Gasteiger partial charge in [0.2, 0.25) is 0 Å². The third kappa shape index (κ3) is 3.66. The van der Waals surface area contributed by atoms with E-state index in [0.717, 1.165) is 21.0 Å². The molecule has 0 saturated carbocycles. The van der Waals surface area contributed by atoms with Crippen LogP contribution in [0.15, 0.2) is 66.7 Å². The zero-order valence-electron chi connectivity index (χ0n) is 14.3. The van der Waals surface area contributed by atoms with Crippen molar-refractivity contribution in [1.82, 2.24) is 10.3 Å². The van der Waals surface area contributed by atoms with E-state index in [2.05, 4.69) is 10.3 Å². The van der Waals surface area contributed by atoms with Crippen molar-refractivity contribution in [1.29, 1.82) is 0 Å². The molecule has 2 N–H and O–H groups in total. The zero-order valence-corrected chi connectivity index (χ0v) is 15.1. The molecule has 1 aromatic heterocycles. The van der Waals surface area contributed by atoms with Crippen molar-refractivity contribution in [2.45, 2.75) is 12.5 Å². The van der Waals surface area contributed by atoms with Crippen LogP contribution in [0.5, 0.6) is 0 Å². The van der Waals surface area contributed by atoms with E-state index in [1.165, 1.54) is 11.3 Å². The minimum Gasteiger partial charge on any atom is -0.480 e. The number of carboxylic acid groups (broad SMARTS) is 1. The van der Waals surface area contributed by atoms with Crippen molar-refractivity contribution in [3.05, 3.63) is 77.3 Å². The van der Waals surface area contributed by atoms with Gasteiger partial charge in [-0.05, 0) is 35.0 Å². The Morgan fingerprint density at radius 2 is 1.74 bits per heavy atom. The highest BCUT2D eigenvalue weighted by Gasteiger charge is 2.23. The summed E-state index contributed by atoms with van der Waals surface area (Å²) in [4.78, 5) is 28.7. The quantitative estimate of drug-likeness (QED) is 0.554. The number of rotatable bonds is 5. The third-order valence-electron chi connectivity index (χ3n) is 4.33. The Morgan fingerprint density at radius 1 is 1.00 bits per heavy atom. The minimum atomic E-state index is -1.08. The van der Waals surface area contributed by atoms with Gasteiger partial charge in [-0.3, -0.25) is 4.79 Å². The van der Waals surface area contributed by atoms with E-state index in [4.69, 9.17) is 0 Å². The fraction of sp³-hybridized carbons (Fsp3) is 0.0952. The van der Waals surface area contributed by atoms with Gasteiger partial charge in [-0.25, -0.2) is 9.78 Å². The summed E-state index contributed by atoms with van der Waals surface area (Å²) in [7, 11) is 0. The molecule has 0 aliphatic carbocycles. The Bertz CT molecular complexity index is 1120. The zero-order chi connectivity index (χ0) is 18.8. The van der Waals surface area contributed by atoms with Crippen molar-refractivity contribution >= 4 is 44.2 Å². The van der Waals surface area contributed by atoms with E-state index in [0.29, 0.717) is 10.6 Å². The Morgan fingerprint density at radius 3 is 2.52 bits per heavy atom. The van der Waals surface area contributed by atoms with Crippen molar-refractivity contribution in [2.24, 2.45) is 0 Å². The molecular weight excluding hydrogens is 360 g/mol. The molecule has 0 unspecified atom stereocenters. The largest absolute Gasteiger partial charge is 0.480 e. The smallest absolute Gasteiger partial charge is 0.326 e. The second-order valence-corrected chi connectivity index (χ2v) is 7.32. The first kappa shape index (κ1) is 17.2. The molecule has 4 rings (SSSR count). The highest BCUT2D eigenvalue weighted by atomic mass is 32.1. The summed E-state index contributed by atoms with van der Waals surface area (Å²) < 4.78 is 0.998. The van der Waals surface area contributed by atoms with Crippen LogP contribution >= 0.6 is 11.3 Å². The standard InChI is InChI=1S/C21H16N2O3S/c24-20(15-10-9-13-5-1-2-6-14(13)11-15)23-17(21(25)26)12-19-22-16-7-3-4-8-18(16)27-19/h1-11,17H,12H2,(H,23,24)(H,25,26)/t17-/m1/s1. The number of amides is 1. The summed E-state index contributed by atoms with van der Waals surface area (Å²) >= 11 is 1.44. The number of carbonyl (C=O) groups is 2. The molecule has 134 valence electrons. The van der Waals surface area contributed by atoms with Crippen LogP contribution < -0.4 is 5.32 Å². The first-order chi connectivity index (χ1) is 13.1. The maximum atomic E-state index is 12.6. The van der Waals surface area contributed by atoms with Crippen LogP contribution in [-0.2, 0) is 11.2 Å². The molecule has 0 radical (unpaired) electrons. The Kier molecular flexibility index (Phi) is 4.56. The number of aromatic nitrogens is 1. The number of para-hydroxylation sites is 1. The highest BCUT2D eigenvalue weighted by Crippen LogP contribution is 2.23. The van der Waals surface area contributed by atoms with Crippen LogP contribution in [0.1, 0.15) is 15.4 Å². The summed E-state index contributed by atoms with van der Waals surface area (Å²) in [6, 6.07) is 19.6. The molecule has 0 aliphatic heterocycles. The van der Waals surface area contributed by atoms with Gasteiger partial charge in [-0.2, -0.15) is 0 Å². The fourth-order valence-electron chi connectivity index (χ4n) is 2.95. The molecule has 27 heavy (non-hydrogen) atoms. The van der Waals surface area contributed by atoms with Gasteiger partial charge in [-0.1, -0.05) is 42.5 Å². The summed E-state index contributed by atoms with van der Waals surface area (Å²) in [5, 5.41) is 14.8. The maximum Gasteiger partial charge on any atom is 0.326 e. The van der Waals surface area contributed by atoms with Gasteiger partial charge in [0.15, 0.2) is 0 Å². The molecule has 0 fully saturated rings. The number of benzene rings is 3. The molecule has 0 saturated heterocycles. The van der Waals surface area contributed by atoms with Gasteiger partial charge in [0.25, 0.3) is 5.91 Å². The molecule has 1 amide bonds. The lowest BCUT2D eigenvalue weighted by atomic mass is 10.1. The lowest BCUT2D eigenvalue weighted by molar-refractivity contribution is -0.139. The lowest BCUT2D eigenvalue weighted by Gasteiger charge is -2.13. The molecule has 6 heteroatoms. The number of nitrogens with zero attached hydrogens (tertiary/aromatic N) is 1. The number of nitrogens with one attached hydrogen (secondary N) is 1. The number of hydrogen-bond donors (Lipinski definition) is 2. The Hall–Kier alpha value is -3.25. The van der Waals surface area contributed by atoms with E-state index in [1.807, 2.05) is 54.6 Å². The average Bonchev–Trinajstić information content (AvgIpc) is 3.09. The minimum absolute atomic E-state index is 0.147. The SMILES string of the molecule is O=C(N[C@H](Cc1nc2ccccc2s1)C(=O)O)c1ccc2ccccc2c1. The third-order valence-corrected chi connectivity index (χ3v) is 5.39. The lowest BCUT2D eigenvalue weighted by Crippen LogP contribution is -2.42. The van der Waals surface area contributed by atoms with Crippen LogP contribution in [-0.4, -0.2) is 28.0 Å². The van der Waals surface area contributed by atoms with E-state index < -0.39 is 17.9 Å². The topological polar surface area (TPSA) is 79.3 Å². The second-order valence-electron chi connectivity index (χ2n) is 6.21. The van der Waals surface area contributed by atoms with Gasteiger partial charge in [0.05, 0.1) is 15.2 Å². The van der Waals surface area contributed by atoms with Crippen molar-refractivity contribution in [3.8, 4) is 0 Å². The molecule has 3 aromatic carbocycles. The monoisotopic (exact) mass is 376 g/mol. The summed E-state index contributed by atoms with van der Waals surface area (Å²) in [5.41, 5.74) is 1.27. The predicted octanol–water partition coefficient (Wildman–Crippen LogP) is 3.88. The summed E-state index contributed by atoms with van der Waals surface area (Å²) in [6.45, 7) is 0. The normalized spacial score (nSPS) is 12.1. The first-order valence-electron chi connectivity index (χ1n) is 8.47. The Balaban J connectivity index is 1.54. The summed E-state index contributed by atoms with van der Waals surface area (Å²) in [6.07, 6.45) is 0.147. The molecule has 1 atom stereocenters. The van der Waals surface area contributed by atoms with Gasteiger partial charge < -0.3 is 10.4 Å². The van der Waals surface area contributed by atoms with Crippen LogP contribution in [0.2, 0.25) is 0 Å². The van der Waals surface area contributed by atoms with Gasteiger partial charge in [-0.15, -0.1) is 11.3 Å². The molecule has 0 aliphatic rings. The number of aliphatic carboxylic acids is 1. The van der Waals surface area contributed by atoms with Gasteiger partial charge in [0, 0.05) is 12.0 Å². The highest BCUT2D eigenvalue weighted by molar-refractivity contribution is 7.18. The second kappa shape index (κ2) is 7.17. The van der Waals surface area contributed by atoms with E-state index in [1.54, 1.807) is 12.1 Å². The number of carboxylic acids is 1. The molecule has 5 nitrogen and oxygen atoms in total. The first-order valence-corrected chi connectivity index (χ1v) is 9.29. The van der Waals surface area contributed by atoms with E-state index in [-0.39, 0.29) is 6.42 Å².